The topological polar surface area (TPSA) is 107 Å². The van der Waals surface area contributed by atoms with Crippen molar-refractivity contribution in [1.29, 1.82) is 0 Å². The minimum absolute atomic E-state index is 0.0598. The zero-order valence-electron chi connectivity index (χ0n) is 12.1. The number of sulfonamides is 1. The van der Waals surface area contributed by atoms with E-state index in [0.29, 0.717) is 13.1 Å². The smallest absolute Gasteiger partial charge is 0.269 e. The van der Waals surface area contributed by atoms with Gasteiger partial charge >= 0.3 is 0 Å². The first-order valence-corrected chi connectivity index (χ1v) is 8.79. The Bertz CT molecular complexity index is 689. The van der Waals surface area contributed by atoms with E-state index in [1.54, 1.807) is 0 Å². The number of benzene rings is 1. The zero-order valence-corrected chi connectivity index (χ0v) is 13.0. The molecule has 0 radical (unpaired) electrons. The predicted octanol–water partition coefficient (Wildman–Crippen LogP) is 1.49. The number of nitrogens with two attached hydrogens (primary N) is 1. The molecule has 22 heavy (non-hydrogen) atoms. The number of rotatable bonds is 3. The molecule has 0 bridgehead atoms. The van der Waals surface area contributed by atoms with Gasteiger partial charge in [-0.2, -0.15) is 4.31 Å². The minimum atomic E-state index is -3.61. The Balaban J connectivity index is 1.83. The molecule has 2 atom stereocenters. The minimum Gasteiger partial charge on any atom is -0.327 e. The number of nitrogens with zero attached hydrogens (tertiary/aromatic N) is 2. The molecule has 2 fully saturated rings. The Hall–Kier alpha value is -1.51. The predicted molar refractivity (Wildman–Crippen MR) is 80.7 cm³/mol. The fourth-order valence-electron chi connectivity index (χ4n) is 3.62. The van der Waals surface area contributed by atoms with Crippen LogP contribution >= 0.6 is 0 Å². The van der Waals surface area contributed by atoms with Crippen molar-refractivity contribution in [2.24, 2.45) is 11.1 Å². The second-order valence-electron chi connectivity index (χ2n) is 6.20. The van der Waals surface area contributed by atoms with Crippen LogP contribution in [0.25, 0.3) is 0 Å². The van der Waals surface area contributed by atoms with Crippen LogP contribution in [0.2, 0.25) is 0 Å². The molecule has 8 heteroatoms. The standard InChI is InChI=1S/C14H19N3O4S/c15-13-2-1-7-14(13)8-9-16(10-14)22(20,21)12-5-3-11(4-6-12)17(18)19/h3-6,13H,1-2,7-10,15H2/t13-,14+/m0/s1. The monoisotopic (exact) mass is 325 g/mol. The van der Waals surface area contributed by atoms with Crippen molar-refractivity contribution in [3.8, 4) is 0 Å². The molecule has 120 valence electrons. The molecule has 2 N–H and O–H groups in total. The van der Waals surface area contributed by atoms with Crippen LogP contribution in [0.1, 0.15) is 25.7 Å². The molecule has 1 aliphatic carbocycles. The van der Waals surface area contributed by atoms with Crippen LogP contribution in [0.3, 0.4) is 0 Å². The summed E-state index contributed by atoms with van der Waals surface area (Å²) in [6.45, 7) is 0.917. The highest BCUT2D eigenvalue weighted by Crippen LogP contribution is 2.45. The third-order valence-electron chi connectivity index (χ3n) is 5.01. The van der Waals surface area contributed by atoms with Gasteiger partial charge in [-0.05, 0) is 31.4 Å². The molecule has 1 aromatic carbocycles. The molecular formula is C14H19N3O4S. The summed E-state index contributed by atoms with van der Waals surface area (Å²) >= 11 is 0. The molecule has 1 spiro atoms. The summed E-state index contributed by atoms with van der Waals surface area (Å²) in [5, 5.41) is 10.7. The van der Waals surface area contributed by atoms with Crippen molar-refractivity contribution >= 4 is 15.7 Å². The van der Waals surface area contributed by atoms with E-state index in [1.165, 1.54) is 28.6 Å². The Morgan fingerprint density at radius 2 is 1.95 bits per heavy atom. The Morgan fingerprint density at radius 1 is 1.27 bits per heavy atom. The number of nitro groups is 1. The molecule has 0 unspecified atom stereocenters. The van der Waals surface area contributed by atoms with E-state index >= 15 is 0 Å². The van der Waals surface area contributed by atoms with E-state index in [-0.39, 0.29) is 22.0 Å². The Kier molecular flexibility index (Phi) is 3.70. The van der Waals surface area contributed by atoms with E-state index in [2.05, 4.69) is 0 Å². The summed E-state index contributed by atoms with van der Waals surface area (Å²) < 4.78 is 26.8. The lowest BCUT2D eigenvalue weighted by Crippen LogP contribution is -2.40. The zero-order chi connectivity index (χ0) is 16.0. The largest absolute Gasteiger partial charge is 0.327 e. The van der Waals surface area contributed by atoms with E-state index in [0.717, 1.165) is 25.7 Å². The molecule has 1 saturated carbocycles. The fraction of sp³-hybridized carbons (Fsp3) is 0.571. The van der Waals surface area contributed by atoms with Gasteiger partial charge in [-0.15, -0.1) is 0 Å². The number of hydrogen-bond acceptors (Lipinski definition) is 5. The van der Waals surface area contributed by atoms with Crippen LogP contribution in [-0.2, 0) is 10.0 Å². The van der Waals surface area contributed by atoms with Crippen LogP contribution in [0.5, 0.6) is 0 Å². The number of nitro benzene ring substituents is 1. The van der Waals surface area contributed by atoms with Gasteiger partial charge in [-0.3, -0.25) is 10.1 Å². The summed E-state index contributed by atoms with van der Waals surface area (Å²) in [5.41, 5.74) is 5.97. The van der Waals surface area contributed by atoms with Gasteiger partial charge in [0.1, 0.15) is 0 Å². The van der Waals surface area contributed by atoms with Gasteiger partial charge in [0.2, 0.25) is 10.0 Å². The normalized spacial score (nSPS) is 29.2. The lowest BCUT2D eigenvalue weighted by Gasteiger charge is -2.28. The summed E-state index contributed by atoms with van der Waals surface area (Å²) in [6, 6.07) is 5.10. The maximum atomic E-state index is 12.7. The number of hydrogen-bond donors (Lipinski definition) is 1. The highest BCUT2D eigenvalue weighted by atomic mass is 32.2. The summed E-state index contributed by atoms with van der Waals surface area (Å²) in [7, 11) is -3.61. The van der Waals surface area contributed by atoms with Gasteiger partial charge in [-0.1, -0.05) is 6.42 Å². The maximum absolute atomic E-state index is 12.7. The summed E-state index contributed by atoms with van der Waals surface area (Å²) in [6.07, 6.45) is 3.76. The van der Waals surface area contributed by atoms with Crippen LogP contribution < -0.4 is 5.73 Å². The van der Waals surface area contributed by atoms with Gasteiger partial charge in [0, 0.05) is 36.7 Å². The molecule has 0 aromatic heterocycles. The Labute approximate surface area is 129 Å². The van der Waals surface area contributed by atoms with E-state index in [4.69, 9.17) is 5.73 Å². The first-order valence-electron chi connectivity index (χ1n) is 7.35. The van der Waals surface area contributed by atoms with Crippen LogP contribution in [0.4, 0.5) is 5.69 Å². The van der Waals surface area contributed by atoms with Crippen molar-refractivity contribution in [2.75, 3.05) is 13.1 Å². The first-order chi connectivity index (χ1) is 10.3. The molecule has 7 nitrogen and oxygen atoms in total. The highest BCUT2D eigenvalue weighted by Gasteiger charge is 2.48. The van der Waals surface area contributed by atoms with Crippen molar-refractivity contribution < 1.29 is 13.3 Å². The lowest BCUT2D eigenvalue weighted by molar-refractivity contribution is -0.384. The van der Waals surface area contributed by atoms with Crippen molar-refractivity contribution in [1.82, 2.24) is 4.31 Å². The van der Waals surface area contributed by atoms with Gasteiger partial charge in [-0.25, -0.2) is 8.42 Å². The quantitative estimate of drug-likeness (QED) is 0.669. The van der Waals surface area contributed by atoms with E-state index in [9.17, 15) is 18.5 Å². The van der Waals surface area contributed by atoms with Crippen LogP contribution in [-0.4, -0.2) is 36.8 Å². The molecular weight excluding hydrogens is 306 g/mol. The lowest BCUT2D eigenvalue weighted by atomic mass is 9.82. The average molecular weight is 325 g/mol. The Morgan fingerprint density at radius 3 is 2.50 bits per heavy atom. The number of non-ortho nitro benzene ring substituents is 1. The van der Waals surface area contributed by atoms with Crippen LogP contribution in [0.15, 0.2) is 29.2 Å². The van der Waals surface area contributed by atoms with Gasteiger partial charge in [0.05, 0.1) is 9.82 Å². The molecule has 1 heterocycles. The second-order valence-corrected chi connectivity index (χ2v) is 8.14. The maximum Gasteiger partial charge on any atom is 0.269 e. The molecule has 0 amide bonds. The fourth-order valence-corrected chi connectivity index (χ4v) is 5.16. The van der Waals surface area contributed by atoms with Gasteiger partial charge in [0.15, 0.2) is 0 Å². The van der Waals surface area contributed by atoms with Crippen molar-refractivity contribution in [3.05, 3.63) is 34.4 Å². The third-order valence-corrected chi connectivity index (χ3v) is 6.87. The van der Waals surface area contributed by atoms with Crippen molar-refractivity contribution in [2.45, 2.75) is 36.6 Å². The molecule has 1 saturated heterocycles. The third kappa shape index (κ3) is 2.41. The SMILES string of the molecule is N[C@H]1CCC[C@]12CCN(S(=O)(=O)c1ccc([N+](=O)[O-])cc1)C2. The van der Waals surface area contributed by atoms with E-state index in [1.807, 2.05) is 0 Å². The van der Waals surface area contributed by atoms with Crippen LogP contribution in [0, 0.1) is 15.5 Å². The molecule has 2 aliphatic rings. The summed E-state index contributed by atoms with van der Waals surface area (Å²) in [4.78, 5) is 10.2. The van der Waals surface area contributed by atoms with Gasteiger partial charge in [0.25, 0.3) is 5.69 Å². The molecule has 1 aliphatic heterocycles. The average Bonchev–Trinajstić information content (AvgIpc) is 3.08. The molecule has 1 aromatic rings. The second kappa shape index (κ2) is 5.29. The molecule has 3 rings (SSSR count). The highest BCUT2D eigenvalue weighted by molar-refractivity contribution is 7.89. The van der Waals surface area contributed by atoms with Crippen molar-refractivity contribution in [3.63, 3.8) is 0 Å². The first kappa shape index (κ1) is 15.4. The summed E-state index contributed by atoms with van der Waals surface area (Å²) in [5.74, 6) is 0. The van der Waals surface area contributed by atoms with Gasteiger partial charge < -0.3 is 5.73 Å². The van der Waals surface area contributed by atoms with E-state index < -0.39 is 14.9 Å².